The van der Waals surface area contributed by atoms with Gasteiger partial charge >= 0.3 is 11.9 Å². The van der Waals surface area contributed by atoms with Gasteiger partial charge in [-0.05, 0) is 38.5 Å². The quantitative estimate of drug-likeness (QED) is 0.439. The Balaban J connectivity index is 3.14. The van der Waals surface area contributed by atoms with Crippen LogP contribution in [0.25, 0.3) is 6.08 Å². The molecule has 0 radical (unpaired) electrons. The van der Waals surface area contributed by atoms with Gasteiger partial charge in [0.1, 0.15) is 0 Å². The molecule has 0 N–H and O–H groups in total. The summed E-state index contributed by atoms with van der Waals surface area (Å²) in [6.07, 6.45) is 1.49. The van der Waals surface area contributed by atoms with Gasteiger partial charge in [-0.2, -0.15) is 0 Å². The second-order valence-corrected chi connectivity index (χ2v) is 3.97. The smallest absolute Gasteiger partial charge is 0.373 e. The summed E-state index contributed by atoms with van der Waals surface area (Å²) in [5.41, 5.74) is 0.924. The van der Waals surface area contributed by atoms with Gasteiger partial charge in [-0.3, -0.25) is 0 Å². The third-order valence-corrected chi connectivity index (χ3v) is 2.52. The highest BCUT2D eigenvalue weighted by molar-refractivity contribution is 5.97. The Morgan fingerprint density at radius 1 is 0.952 bits per heavy atom. The fraction of sp³-hybridized carbons (Fsp3) is 0.375. The Morgan fingerprint density at radius 3 is 2.19 bits per heavy atom. The van der Waals surface area contributed by atoms with E-state index in [0.29, 0.717) is 17.7 Å². The lowest BCUT2D eigenvalue weighted by Gasteiger charge is -2.09. The van der Waals surface area contributed by atoms with Crippen LogP contribution in [-0.4, -0.2) is 31.8 Å². The topological polar surface area (TPSA) is 61.8 Å². The predicted molar refractivity (Wildman–Crippen MR) is 78.6 cm³/mol. The van der Waals surface area contributed by atoms with E-state index >= 15 is 0 Å². The molecule has 5 heteroatoms. The molecule has 0 atom stereocenters. The van der Waals surface area contributed by atoms with Crippen LogP contribution >= 0.6 is 0 Å². The number of ether oxygens (including phenoxy) is 3. The van der Waals surface area contributed by atoms with E-state index in [1.54, 1.807) is 45.0 Å². The lowest BCUT2D eigenvalue weighted by atomic mass is 10.1. The largest absolute Gasteiger partial charge is 0.487 e. The second-order valence-electron chi connectivity index (χ2n) is 3.97. The fourth-order valence-electron chi connectivity index (χ4n) is 1.68. The molecule has 1 aromatic carbocycles. The van der Waals surface area contributed by atoms with E-state index in [0.717, 1.165) is 0 Å². The third-order valence-electron chi connectivity index (χ3n) is 2.52. The van der Waals surface area contributed by atoms with Crippen LogP contribution in [0.1, 0.15) is 36.7 Å². The summed E-state index contributed by atoms with van der Waals surface area (Å²) in [5.74, 6) is -0.932. The molecule has 0 aromatic heterocycles. The van der Waals surface area contributed by atoms with Crippen LogP contribution in [0.4, 0.5) is 0 Å². The van der Waals surface area contributed by atoms with Crippen LogP contribution in [0.15, 0.2) is 30.0 Å². The van der Waals surface area contributed by atoms with Gasteiger partial charge in [0.2, 0.25) is 5.76 Å². The summed E-state index contributed by atoms with van der Waals surface area (Å²) in [6.45, 7) is 6.08. The van der Waals surface area contributed by atoms with Gasteiger partial charge < -0.3 is 14.2 Å². The normalized spacial score (nSPS) is 10.9. The van der Waals surface area contributed by atoms with E-state index in [4.69, 9.17) is 14.2 Å². The zero-order chi connectivity index (χ0) is 15.7. The van der Waals surface area contributed by atoms with Crippen molar-refractivity contribution in [3.8, 4) is 0 Å². The van der Waals surface area contributed by atoms with Gasteiger partial charge in [0.15, 0.2) is 0 Å². The lowest BCUT2D eigenvalue weighted by Crippen LogP contribution is -2.11. The van der Waals surface area contributed by atoms with Crippen molar-refractivity contribution in [3.05, 3.63) is 41.2 Å². The van der Waals surface area contributed by atoms with Crippen molar-refractivity contribution in [3.63, 3.8) is 0 Å². The molecule has 0 saturated heterocycles. The molecule has 1 aromatic rings. The molecule has 0 aliphatic carbocycles. The average molecular weight is 292 g/mol. The second kappa shape index (κ2) is 8.79. The minimum absolute atomic E-state index is 0.0658. The summed E-state index contributed by atoms with van der Waals surface area (Å²) < 4.78 is 15.2. The molecule has 1 rings (SSSR count). The molecule has 0 aliphatic rings. The molecular weight excluding hydrogens is 272 g/mol. The molecule has 0 unspecified atom stereocenters. The van der Waals surface area contributed by atoms with E-state index in [-0.39, 0.29) is 19.0 Å². The molecule has 114 valence electrons. The minimum atomic E-state index is -0.557. The first-order valence-electron chi connectivity index (χ1n) is 6.91. The first-order valence-corrected chi connectivity index (χ1v) is 6.91. The monoisotopic (exact) mass is 292 g/mol. The van der Waals surface area contributed by atoms with Crippen LogP contribution in [-0.2, 0) is 19.0 Å². The summed E-state index contributed by atoms with van der Waals surface area (Å²) >= 11 is 0. The Bertz CT molecular complexity index is 519. The van der Waals surface area contributed by atoms with Crippen molar-refractivity contribution in [2.45, 2.75) is 20.8 Å². The van der Waals surface area contributed by atoms with Crippen LogP contribution in [0.3, 0.4) is 0 Å². The Kier molecular flexibility index (Phi) is 7.01. The average Bonchev–Trinajstić information content (AvgIpc) is 2.47. The number of hydrogen-bond donors (Lipinski definition) is 0. The van der Waals surface area contributed by atoms with Gasteiger partial charge in [0.25, 0.3) is 0 Å². The van der Waals surface area contributed by atoms with Gasteiger partial charge in [-0.15, -0.1) is 0 Å². The Hall–Kier alpha value is -2.30. The summed E-state index contributed by atoms with van der Waals surface area (Å²) in [5, 5.41) is 0. The van der Waals surface area contributed by atoms with Gasteiger partial charge in [0, 0.05) is 0 Å². The van der Waals surface area contributed by atoms with Crippen LogP contribution in [0, 0.1) is 0 Å². The molecule has 5 nitrogen and oxygen atoms in total. The van der Waals surface area contributed by atoms with Gasteiger partial charge in [-0.25, -0.2) is 9.59 Å². The maximum atomic E-state index is 11.9. The highest BCUT2D eigenvalue weighted by Gasteiger charge is 2.15. The third kappa shape index (κ3) is 4.95. The van der Waals surface area contributed by atoms with Crippen molar-refractivity contribution >= 4 is 18.0 Å². The van der Waals surface area contributed by atoms with Crippen molar-refractivity contribution in [2.24, 2.45) is 0 Å². The fourth-order valence-corrected chi connectivity index (χ4v) is 1.68. The predicted octanol–water partition coefficient (Wildman–Crippen LogP) is 2.80. The molecule has 0 saturated carbocycles. The molecule has 0 fully saturated rings. The number of carbonyl (C=O) groups excluding carboxylic acids is 2. The Labute approximate surface area is 124 Å². The first-order chi connectivity index (χ1) is 10.1. The van der Waals surface area contributed by atoms with E-state index in [1.807, 2.05) is 0 Å². The van der Waals surface area contributed by atoms with E-state index in [2.05, 4.69) is 0 Å². The summed E-state index contributed by atoms with van der Waals surface area (Å²) in [4.78, 5) is 23.7. The number of carbonyl (C=O) groups is 2. The van der Waals surface area contributed by atoms with Gasteiger partial charge in [0.05, 0.1) is 25.4 Å². The SMILES string of the molecule is CCOC(=O)/C(=C\c1ccccc1C(=O)OCC)OCC. The number of benzene rings is 1. The first kappa shape index (κ1) is 16.8. The van der Waals surface area contributed by atoms with Crippen molar-refractivity contribution in [1.82, 2.24) is 0 Å². The number of rotatable bonds is 7. The van der Waals surface area contributed by atoms with Crippen LogP contribution in [0.5, 0.6) is 0 Å². The number of hydrogen-bond acceptors (Lipinski definition) is 5. The Morgan fingerprint density at radius 2 is 1.57 bits per heavy atom. The molecule has 21 heavy (non-hydrogen) atoms. The van der Waals surface area contributed by atoms with E-state index in [1.165, 1.54) is 6.08 Å². The molecule has 0 bridgehead atoms. The number of esters is 2. The van der Waals surface area contributed by atoms with E-state index in [9.17, 15) is 9.59 Å². The molecular formula is C16H20O5. The maximum absolute atomic E-state index is 11.9. The van der Waals surface area contributed by atoms with Crippen LogP contribution < -0.4 is 0 Å². The molecule has 0 heterocycles. The lowest BCUT2D eigenvalue weighted by molar-refractivity contribution is -0.142. The van der Waals surface area contributed by atoms with Crippen molar-refractivity contribution < 1.29 is 23.8 Å². The van der Waals surface area contributed by atoms with Gasteiger partial charge in [-0.1, -0.05) is 18.2 Å². The summed E-state index contributed by atoms with van der Waals surface area (Å²) in [7, 11) is 0. The zero-order valence-electron chi connectivity index (χ0n) is 12.5. The molecule has 0 spiro atoms. The highest BCUT2D eigenvalue weighted by atomic mass is 16.6. The highest BCUT2D eigenvalue weighted by Crippen LogP contribution is 2.16. The standard InChI is InChI=1S/C16H20O5/c1-4-19-14(16(18)21-6-3)11-12-9-7-8-10-13(12)15(17)20-5-2/h7-11H,4-6H2,1-3H3/b14-11+. The molecule has 0 aliphatic heterocycles. The zero-order valence-corrected chi connectivity index (χ0v) is 12.5. The molecule has 0 amide bonds. The minimum Gasteiger partial charge on any atom is -0.487 e. The maximum Gasteiger partial charge on any atom is 0.373 e. The van der Waals surface area contributed by atoms with E-state index < -0.39 is 11.9 Å². The van der Waals surface area contributed by atoms with Crippen LogP contribution in [0.2, 0.25) is 0 Å². The van der Waals surface area contributed by atoms with Crippen molar-refractivity contribution in [1.29, 1.82) is 0 Å². The summed E-state index contributed by atoms with van der Waals surface area (Å²) in [6, 6.07) is 6.85. The van der Waals surface area contributed by atoms with Crippen molar-refractivity contribution in [2.75, 3.05) is 19.8 Å².